The molecular weight excluding hydrogens is 166 g/mol. The topological polar surface area (TPSA) is 56.2 Å². The van der Waals surface area contributed by atoms with Crippen LogP contribution in [-0.4, -0.2) is 36.3 Å². The fraction of sp³-hybridized carbons (Fsp3) is 0.778. The van der Waals surface area contributed by atoms with Crippen LogP contribution in [0.3, 0.4) is 0 Å². The molecule has 1 unspecified atom stereocenters. The molecule has 13 heavy (non-hydrogen) atoms. The van der Waals surface area contributed by atoms with E-state index in [0.29, 0.717) is 18.3 Å². The van der Waals surface area contributed by atoms with Crippen molar-refractivity contribution >= 4 is 11.7 Å². The number of nitrogens with one attached hydrogen (secondary N) is 2. The largest absolute Gasteiger partial charge is 0.361 e. The molecule has 1 fully saturated rings. The first-order valence-corrected chi connectivity index (χ1v) is 4.59. The maximum Gasteiger partial charge on any atom is 0.245 e. The van der Waals surface area contributed by atoms with Crippen molar-refractivity contribution in [2.45, 2.75) is 26.3 Å². The summed E-state index contributed by atoms with van der Waals surface area (Å²) in [7, 11) is 1.74. The fourth-order valence-corrected chi connectivity index (χ4v) is 1.53. The Bertz CT molecular complexity index is 225. The lowest BCUT2D eigenvalue weighted by Crippen LogP contribution is -2.56. The number of amidine groups is 1. The van der Waals surface area contributed by atoms with Gasteiger partial charge in [0.2, 0.25) is 5.91 Å². The first-order chi connectivity index (χ1) is 6.00. The van der Waals surface area contributed by atoms with Crippen molar-refractivity contribution in [1.82, 2.24) is 10.2 Å². The normalized spacial score (nSPS) is 23.7. The van der Waals surface area contributed by atoms with E-state index in [1.165, 1.54) is 0 Å². The molecule has 0 bridgehead atoms. The highest BCUT2D eigenvalue weighted by Crippen LogP contribution is 2.10. The second-order valence-corrected chi connectivity index (χ2v) is 4.00. The number of carbonyl (C=O) groups is 1. The van der Waals surface area contributed by atoms with Crippen LogP contribution < -0.4 is 5.32 Å². The van der Waals surface area contributed by atoms with Gasteiger partial charge in [0.25, 0.3) is 0 Å². The maximum absolute atomic E-state index is 11.6. The molecule has 0 aromatic carbocycles. The average Bonchev–Trinajstić information content (AvgIpc) is 1.98. The van der Waals surface area contributed by atoms with Crippen LogP contribution in [0.5, 0.6) is 0 Å². The van der Waals surface area contributed by atoms with Crippen LogP contribution in [0, 0.1) is 11.3 Å². The molecule has 4 heteroatoms. The average molecular weight is 183 g/mol. The number of amides is 1. The summed E-state index contributed by atoms with van der Waals surface area (Å²) in [6.45, 7) is 4.56. The highest BCUT2D eigenvalue weighted by Gasteiger charge is 2.28. The van der Waals surface area contributed by atoms with Gasteiger partial charge in [-0.15, -0.1) is 0 Å². The van der Waals surface area contributed by atoms with Crippen LogP contribution in [0.15, 0.2) is 0 Å². The number of likely N-dealkylation sites (N-methyl/N-ethyl adjacent to an activating group) is 1. The second kappa shape index (κ2) is 3.77. The molecule has 1 aliphatic heterocycles. The zero-order valence-corrected chi connectivity index (χ0v) is 8.42. The van der Waals surface area contributed by atoms with E-state index in [1.807, 2.05) is 0 Å². The minimum atomic E-state index is -0.189. The van der Waals surface area contributed by atoms with E-state index in [4.69, 9.17) is 5.41 Å². The molecule has 0 aliphatic carbocycles. The minimum Gasteiger partial charge on any atom is -0.361 e. The fourth-order valence-electron chi connectivity index (χ4n) is 1.53. The molecule has 1 saturated heterocycles. The highest BCUT2D eigenvalue weighted by molar-refractivity contribution is 5.95. The second-order valence-electron chi connectivity index (χ2n) is 4.00. The summed E-state index contributed by atoms with van der Waals surface area (Å²) in [6, 6.07) is -0.189. The first-order valence-electron chi connectivity index (χ1n) is 4.59. The minimum absolute atomic E-state index is 0.102. The SMILES string of the molecule is CC(C)CC1NC(=N)CN(C)C1=O. The maximum atomic E-state index is 11.6. The Morgan fingerprint density at radius 2 is 2.31 bits per heavy atom. The van der Waals surface area contributed by atoms with E-state index >= 15 is 0 Å². The number of rotatable bonds is 2. The molecule has 0 radical (unpaired) electrons. The Morgan fingerprint density at radius 1 is 1.69 bits per heavy atom. The zero-order valence-electron chi connectivity index (χ0n) is 8.42. The summed E-state index contributed by atoms with van der Waals surface area (Å²) < 4.78 is 0. The lowest BCUT2D eigenvalue weighted by molar-refractivity contribution is -0.132. The van der Waals surface area contributed by atoms with Gasteiger partial charge in [-0.2, -0.15) is 0 Å². The van der Waals surface area contributed by atoms with E-state index in [0.717, 1.165) is 6.42 Å². The van der Waals surface area contributed by atoms with Crippen molar-refractivity contribution in [3.63, 3.8) is 0 Å². The monoisotopic (exact) mass is 183 g/mol. The van der Waals surface area contributed by atoms with E-state index in [2.05, 4.69) is 19.2 Å². The molecule has 0 aromatic rings. The van der Waals surface area contributed by atoms with Gasteiger partial charge in [0, 0.05) is 7.05 Å². The number of hydrogen-bond acceptors (Lipinski definition) is 2. The van der Waals surface area contributed by atoms with Gasteiger partial charge in [0.15, 0.2) is 0 Å². The summed E-state index contributed by atoms with van der Waals surface area (Å²) in [4.78, 5) is 13.2. The molecule has 1 rings (SSSR count). The third kappa shape index (κ3) is 2.44. The van der Waals surface area contributed by atoms with Crippen LogP contribution in [0.1, 0.15) is 20.3 Å². The van der Waals surface area contributed by atoms with Crippen molar-refractivity contribution in [2.24, 2.45) is 5.92 Å². The van der Waals surface area contributed by atoms with Gasteiger partial charge in [0.1, 0.15) is 11.9 Å². The van der Waals surface area contributed by atoms with Crippen molar-refractivity contribution in [1.29, 1.82) is 5.41 Å². The van der Waals surface area contributed by atoms with Crippen molar-refractivity contribution in [2.75, 3.05) is 13.6 Å². The molecular formula is C9H17N3O. The van der Waals surface area contributed by atoms with Crippen molar-refractivity contribution in [3.8, 4) is 0 Å². The molecule has 1 aliphatic rings. The summed E-state index contributed by atoms with van der Waals surface area (Å²) in [5.41, 5.74) is 0. The Labute approximate surface area is 78.8 Å². The van der Waals surface area contributed by atoms with E-state index < -0.39 is 0 Å². The molecule has 74 valence electrons. The Balaban J connectivity index is 2.61. The Morgan fingerprint density at radius 3 is 2.85 bits per heavy atom. The first kappa shape index (κ1) is 10.0. The molecule has 1 heterocycles. The van der Waals surface area contributed by atoms with Crippen molar-refractivity contribution in [3.05, 3.63) is 0 Å². The molecule has 2 N–H and O–H groups in total. The lowest BCUT2D eigenvalue weighted by atomic mass is 10.0. The lowest BCUT2D eigenvalue weighted by Gasteiger charge is -2.32. The molecule has 1 amide bonds. The quantitative estimate of drug-likeness (QED) is 0.652. The number of hydrogen-bond donors (Lipinski definition) is 2. The van der Waals surface area contributed by atoms with E-state index in [1.54, 1.807) is 11.9 Å². The van der Waals surface area contributed by atoms with Crippen LogP contribution in [0.25, 0.3) is 0 Å². The predicted molar refractivity (Wildman–Crippen MR) is 51.7 cm³/mol. The zero-order chi connectivity index (χ0) is 10.0. The molecule has 1 atom stereocenters. The standard InChI is InChI=1S/C9H17N3O/c1-6(2)4-7-9(13)12(3)5-8(10)11-7/h6-7H,4-5H2,1-3H3,(H2,10,11). The van der Waals surface area contributed by atoms with E-state index in [-0.39, 0.29) is 11.9 Å². The van der Waals surface area contributed by atoms with Gasteiger partial charge < -0.3 is 10.2 Å². The predicted octanol–water partition coefficient (Wildman–Crippen LogP) is 0.440. The Hall–Kier alpha value is -1.06. The summed E-state index contributed by atoms with van der Waals surface area (Å²) in [5.74, 6) is 1.01. The number of carbonyl (C=O) groups excluding carboxylic acids is 1. The summed E-state index contributed by atoms with van der Waals surface area (Å²) >= 11 is 0. The van der Waals surface area contributed by atoms with E-state index in [9.17, 15) is 4.79 Å². The van der Waals surface area contributed by atoms with Gasteiger partial charge in [0.05, 0.1) is 6.54 Å². The molecule has 0 spiro atoms. The smallest absolute Gasteiger partial charge is 0.245 e. The molecule has 0 saturated carbocycles. The summed E-state index contributed by atoms with van der Waals surface area (Å²) in [5, 5.41) is 10.4. The van der Waals surface area contributed by atoms with Gasteiger partial charge in [-0.3, -0.25) is 10.2 Å². The Kier molecular flexibility index (Phi) is 2.90. The van der Waals surface area contributed by atoms with Crippen LogP contribution >= 0.6 is 0 Å². The third-order valence-electron chi connectivity index (χ3n) is 2.13. The van der Waals surface area contributed by atoms with Crippen molar-refractivity contribution < 1.29 is 4.79 Å². The number of piperazine rings is 1. The van der Waals surface area contributed by atoms with Gasteiger partial charge in [-0.05, 0) is 12.3 Å². The third-order valence-corrected chi connectivity index (χ3v) is 2.13. The van der Waals surface area contributed by atoms with Crippen LogP contribution in [0.4, 0.5) is 0 Å². The molecule has 4 nitrogen and oxygen atoms in total. The van der Waals surface area contributed by atoms with Crippen LogP contribution in [0.2, 0.25) is 0 Å². The summed E-state index contributed by atoms with van der Waals surface area (Å²) in [6.07, 6.45) is 0.797. The highest BCUT2D eigenvalue weighted by atomic mass is 16.2. The van der Waals surface area contributed by atoms with Gasteiger partial charge in [-0.1, -0.05) is 13.8 Å². The van der Waals surface area contributed by atoms with Gasteiger partial charge in [-0.25, -0.2) is 0 Å². The van der Waals surface area contributed by atoms with Gasteiger partial charge >= 0.3 is 0 Å². The number of nitrogens with zero attached hydrogens (tertiary/aromatic N) is 1. The van der Waals surface area contributed by atoms with Crippen LogP contribution in [-0.2, 0) is 4.79 Å². The molecule has 0 aromatic heterocycles.